The average Bonchev–Trinajstić information content (AvgIpc) is 2.91. The molecule has 0 saturated carbocycles. The predicted octanol–water partition coefficient (Wildman–Crippen LogP) is -1.78. The Morgan fingerprint density at radius 3 is 3.06 bits per heavy atom. The molecule has 0 aliphatic carbocycles. The largest absolute Gasteiger partial charge is 0.475 e. The minimum atomic E-state index is -0.685. The topological polar surface area (TPSA) is 106 Å². The molecule has 1 aromatic rings. The molecule has 1 aromatic heterocycles. The molecule has 2 aliphatic rings. The molecular formula is C10H11N3O5. The first-order valence-electron chi connectivity index (χ1n) is 5.45. The van der Waals surface area contributed by atoms with Gasteiger partial charge in [0.2, 0.25) is 0 Å². The molecule has 0 amide bonds. The molecule has 0 radical (unpaired) electrons. The number of aromatic nitrogens is 2. The number of hydrogen-bond acceptors (Lipinski definition) is 6. The van der Waals surface area contributed by atoms with E-state index in [1.807, 2.05) is 0 Å². The maximum atomic E-state index is 11.7. The summed E-state index contributed by atoms with van der Waals surface area (Å²) >= 11 is 0. The van der Waals surface area contributed by atoms with Crippen LogP contribution >= 0.6 is 0 Å². The van der Waals surface area contributed by atoms with E-state index >= 15 is 0 Å². The summed E-state index contributed by atoms with van der Waals surface area (Å²) in [6, 6.07) is 0.830. The van der Waals surface area contributed by atoms with E-state index in [0.29, 0.717) is 0 Å². The van der Waals surface area contributed by atoms with E-state index < -0.39 is 35.7 Å². The van der Waals surface area contributed by atoms with Gasteiger partial charge in [-0.2, -0.15) is 0 Å². The van der Waals surface area contributed by atoms with Gasteiger partial charge in [-0.05, 0) is 0 Å². The highest BCUT2D eigenvalue weighted by molar-refractivity contribution is 5.50. The minimum absolute atomic E-state index is 0.223. The molecule has 8 nitrogen and oxygen atoms in total. The van der Waals surface area contributed by atoms with E-state index in [-0.39, 0.29) is 6.61 Å². The molecule has 0 aromatic carbocycles. The molecule has 0 unspecified atom stereocenters. The van der Waals surface area contributed by atoms with Gasteiger partial charge in [0.1, 0.15) is 12.1 Å². The molecule has 18 heavy (non-hydrogen) atoms. The van der Waals surface area contributed by atoms with Gasteiger partial charge in [-0.25, -0.2) is 9.79 Å². The zero-order chi connectivity index (χ0) is 12.7. The summed E-state index contributed by atoms with van der Waals surface area (Å²) in [6.07, 6.45) is 1.01. The van der Waals surface area contributed by atoms with Crippen molar-refractivity contribution in [3.8, 4) is 0 Å². The molecule has 96 valence electrons. The van der Waals surface area contributed by atoms with Crippen LogP contribution in [0.4, 0.5) is 0 Å². The van der Waals surface area contributed by atoms with E-state index in [1.165, 1.54) is 23.2 Å². The van der Waals surface area contributed by atoms with E-state index in [0.717, 1.165) is 0 Å². The fourth-order valence-electron chi connectivity index (χ4n) is 2.23. The lowest BCUT2D eigenvalue weighted by Gasteiger charge is -2.16. The monoisotopic (exact) mass is 253 g/mol. The summed E-state index contributed by atoms with van der Waals surface area (Å²) in [6.45, 7) is -0.223. The quantitative estimate of drug-likeness (QED) is 0.648. The summed E-state index contributed by atoms with van der Waals surface area (Å²) in [5.41, 5.74) is -1.05. The van der Waals surface area contributed by atoms with Crippen LogP contribution in [-0.2, 0) is 9.47 Å². The lowest BCUT2D eigenvalue weighted by Crippen LogP contribution is -2.35. The number of nitrogens with one attached hydrogen (secondary N) is 1. The van der Waals surface area contributed by atoms with Gasteiger partial charge in [-0.1, -0.05) is 0 Å². The molecule has 0 bridgehead atoms. The normalized spacial score (nSPS) is 33.4. The Balaban J connectivity index is 1.99. The van der Waals surface area contributed by atoms with E-state index in [4.69, 9.17) is 9.47 Å². The lowest BCUT2D eigenvalue weighted by atomic mass is 10.1. The Labute approximate surface area is 100 Å². The number of aromatic amines is 1. The zero-order valence-corrected chi connectivity index (χ0v) is 9.22. The van der Waals surface area contributed by atoms with Gasteiger partial charge in [0.15, 0.2) is 18.7 Å². The number of fused-ring (bicyclic) bond motifs is 1. The summed E-state index contributed by atoms with van der Waals surface area (Å²) in [7, 11) is 0. The number of rotatable bonds is 2. The second-order valence-electron chi connectivity index (χ2n) is 4.11. The molecule has 3 rings (SSSR count). The second kappa shape index (κ2) is 4.07. The first-order chi connectivity index (χ1) is 8.70. The van der Waals surface area contributed by atoms with Crippen molar-refractivity contribution in [2.75, 3.05) is 6.61 Å². The molecule has 1 saturated heterocycles. The van der Waals surface area contributed by atoms with Gasteiger partial charge >= 0.3 is 5.69 Å². The van der Waals surface area contributed by atoms with E-state index in [1.54, 1.807) is 0 Å². The number of aliphatic imine (C=N–C) groups is 1. The van der Waals surface area contributed by atoms with Crippen molar-refractivity contribution in [1.82, 2.24) is 9.55 Å². The molecule has 4 atom stereocenters. The van der Waals surface area contributed by atoms with Gasteiger partial charge in [-0.15, -0.1) is 0 Å². The Morgan fingerprint density at radius 2 is 2.33 bits per heavy atom. The molecule has 3 heterocycles. The Hall–Kier alpha value is -1.93. The Morgan fingerprint density at radius 1 is 1.50 bits per heavy atom. The number of aliphatic hydroxyl groups excluding tert-OH is 1. The van der Waals surface area contributed by atoms with Crippen molar-refractivity contribution in [2.24, 2.45) is 4.99 Å². The van der Waals surface area contributed by atoms with Crippen LogP contribution in [0, 0.1) is 0 Å². The number of H-pyrrole nitrogens is 1. The maximum absolute atomic E-state index is 11.7. The highest BCUT2D eigenvalue weighted by Gasteiger charge is 2.49. The van der Waals surface area contributed by atoms with Gasteiger partial charge in [-0.3, -0.25) is 14.3 Å². The van der Waals surface area contributed by atoms with Crippen molar-refractivity contribution in [3.63, 3.8) is 0 Å². The summed E-state index contributed by atoms with van der Waals surface area (Å²) in [5.74, 6) is 0. The van der Waals surface area contributed by atoms with Crippen LogP contribution in [0.3, 0.4) is 0 Å². The molecular weight excluding hydrogens is 242 g/mol. The van der Waals surface area contributed by atoms with Crippen molar-refractivity contribution in [2.45, 2.75) is 24.5 Å². The number of nitrogens with zero attached hydrogens (tertiary/aromatic N) is 2. The van der Waals surface area contributed by atoms with Crippen LogP contribution in [-0.4, -0.2) is 45.9 Å². The van der Waals surface area contributed by atoms with Crippen LogP contribution in [0.1, 0.15) is 6.23 Å². The molecule has 2 N–H and O–H groups in total. The Kier molecular flexibility index (Phi) is 2.53. The van der Waals surface area contributed by atoms with Crippen molar-refractivity contribution < 1.29 is 14.6 Å². The highest BCUT2D eigenvalue weighted by atomic mass is 16.6. The van der Waals surface area contributed by atoms with Crippen LogP contribution in [0.25, 0.3) is 0 Å². The SMILES string of the molecule is O=c1ccn([C@@H]2O[C@H](CO)[C@H]3OC=N[C@H]32)c(=O)[nH]1. The van der Waals surface area contributed by atoms with Crippen molar-refractivity contribution in [3.05, 3.63) is 33.1 Å². The summed E-state index contributed by atoms with van der Waals surface area (Å²) < 4.78 is 12.0. The molecule has 8 heteroatoms. The minimum Gasteiger partial charge on any atom is -0.475 e. The van der Waals surface area contributed by atoms with Crippen molar-refractivity contribution >= 4 is 6.40 Å². The summed E-state index contributed by atoms with van der Waals surface area (Å²) in [4.78, 5) is 28.9. The fourth-order valence-corrected chi connectivity index (χ4v) is 2.23. The average molecular weight is 253 g/mol. The zero-order valence-electron chi connectivity index (χ0n) is 9.22. The molecule has 0 spiro atoms. The van der Waals surface area contributed by atoms with Crippen LogP contribution in [0.15, 0.2) is 26.8 Å². The first-order valence-corrected chi connectivity index (χ1v) is 5.45. The maximum Gasteiger partial charge on any atom is 0.330 e. The first kappa shape index (κ1) is 11.2. The van der Waals surface area contributed by atoms with Gasteiger partial charge in [0.05, 0.1) is 6.61 Å². The molecule has 2 aliphatic heterocycles. The van der Waals surface area contributed by atoms with Crippen LogP contribution in [0.2, 0.25) is 0 Å². The van der Waals surface area contributed by atoms with Gasteiger partial charge < -0.3 is 14.6 Å². The van der Waals surface area contributed by atoms with E-state index in [9.17, 15) is 14.7 Å². The van der Waals surface area contributed by atoms with Crippen molar-refractivity contribution in [1.29, 1.82) is 0 Å². The van der Waals surface area contributed by atoms with Crippen LogP contribution < -0.4 is 11.2 Å². The highest BCUT2D eigenvalue weighted by Crippen LogP contribution is 2.34. The fraction of sp³-hybridized carbons (Fsp3) is 0.500. The third-order valence-electron chi connectivity index (χ3n) is 3.07. The van der Waals surface area contributed by atoms with Gasteiger partial charge in [0.25, 0.3) is 5.56 Å². The smallest absolute Gasteiger partial charge is 0.330 e. The number of aliphatic hydroxyl groups is 1. The third kappa shape index (κ3) is 1.57. The molecule has 1 fully saturated rings. The second-order valence-corrected chi connectivity index (χ2v) is 4.11. The number of ether oxygens (including phenoxy) is 2. The standard InChI is InChI=1S/C10H11N3O5/c14-3-5-8-7(11-4-17-8)9(18-5)13-2-1-6(15)12-10(13)16/h1-2,4-5,7-9,14H,3H2,(H,12,15,16)/t5-,7-,8-,9-/m1/s1. The third-order valence-corrected chi connectivity index (χ3v) is 3.07. The van der Waals surface area contributed by atoms with Crippen LogP contribution in [0.5, 0.6) is 0 Å². The predicted molar refractivity (Wildman–Crippen MR) is 59.5 cm³/mol. The number of hydrogen-bond donors (Lipinski definition) is 2. The summed E-state index contributed by atoms with van der Waals surface area (Å²) in [5, 5.41) is 9.19. The van der Waals surface area contributed by atoms with Gasteiger partial charge in [0, 0.05) is 12.3 Å². The van der Waals surface area contributed by atoms with E-state index in [2.05, 4.69) is 9.98 Å². The lowest BCUT2D eigenvalue weighted by molar-refractivity contribution is -0.0454. The Bertz CT molecular complexity index is 592.